The predicted molar refractivity (Wildman–Crippen MR) is 94.7 cm³/mol. The maximum Gasteiger partial charge on any atom is 0.259 e. The van der Waals surface area contributed by atoms with Crippen molar-refractivity contribution in [2.45, 2.75) is 25.8 Å². The van der Waals surface area contributed by atoms with Gasteiger partial charge in [0.25, 0.3) is 5.91 Å². The van der Waals surface area contributed by atoms with Crippen LogP contribution in [0.1, 0.15) is 29.0 Å². The van der Waals surface area contributed by atoms with Crippen molar-refractivity contribution in [3.63, 3.8) is 0 Å². The Morgan fingerprint density at radius 2 is 1.92 bits per heavy atom. The number of nitrogens with one attached hydrogen (secondary N) is 1. The normalized spacial score (nSPS) is 15.8. The van der Waals surface area contributed by atoms with E-state index in [-0.39, 0.29) is 5.91 Å². The van der Waals surface area contributed by atoms with E-state index < -0.39 is 0 Å². The minimum absolute atomic E-state index is 0.0886. The third kappa shape index (κ3) is 3.16. The molecule has 0 unspecified atom stereocenters. The number of benzene rings is 1. The van der Waals surface area contributed by atoms with Gasteiger partial charge in [-0.1, -0.05) is 34.4 Å². The Bertz CT molecular complexity index is 732. The number of amides is 1. The van der Waals surface area contributed by atoms with Crippen LogP contribution in [0, 0.1) is 6.92 Å². The molecular formula is C17H19Cl2N3O2. The number of carbonyl (C=O) groups is 1. The van der Waals surface area contributed by atoms with Crippen LogP contribution in [-0.4, -0.2) is 42.1 Å². The van der Waals surface area contributed by atoms with E-state index >= 15 is 0 Å². The second-order valence-electron chi connectivity index (χ2n) is 5.91. The van der Waals surface area contributed by atoms with Crippen molar-refractivity contribution in [2.24, 2.45) is 0 Å². The lowest BCUT2D eigenvalue weighted by molar-refractivity contribution is 0.0706. The molecule has 1 fully saturated rings. The average molecular weight is 368 g/mol. The summed E-state index contributed by atoms with van der Waals surface area (Å²) in [5.74, 6) is 0.385. The Labute approximate surface area is 150 Å². The fourth-order valence-electron chi connectivity index (χ4n) is 3.05. The highest BCUT2D eigenvalue weighted by Gasteiger charge is 2.30. The summed E-state index contributed by atoms with van der Waals surface area (Å²) in [6.07, 6.45) is 1.85. The molecule has 1 saturated heterocycles. The van der Waals surface area contributed by atoms with E-state index in [2.05, 4.69) is 10.5 Å². The molecule has 0 saturated carbocycles. The van der Waals surface area contributed by atoms with E-state index in [4.69, 9.17) is 27.7 Å². The zero-order chi connectivity index (χ0) is 17.3. The molecule has 5 nitrogen and oxygen atoms in total. The van der Waals surface area contributed by atoms with Crippen LogP contribution in [0.15, 0.2) is 22.7 Å². The molecule has 1 aliphatic heterocycles. The Balaban J connectivity index is 1.95. The van der Waals surface area contributed by atoms with Gasteiger partial charge in [-0.2, -0.15) is 0 Å². The number of piperidine rings is 1. The number of nitrogens with zero attached hydrogens (tertiary/aromatic N) is 2. The summed E-state index contributed by atoms with van der Waals surface area (Å²) >= 11 is 12.5. The van der Waals surface area contributed by atoms with Gasteiger partial charge in [0.05, 0.1) is 10.0 Å². The zero-order valence-corrected chi connectivity index (χ0v) is 15.1. The van der Waals surface area contributed by atoms with Gasteiger partial charge in [-0.05, 0) is 38.9 Å². The lowest BCUT2D eigenvalue weighted by atomic mass is 10.0. The largest absolute Gasteiger partial charge is 0.360 e. The lowest BCUT2D eigenvalue weighted by Crippen LogP contribution is -2.44. The van der Waals surface area contributed by atoms with Crippen LogP contribution < -0.4 is 5.32 Å². The van der Waals surface area contributed by atoms with Crippen LogP contribution in [0.3, 0.4) is 0 Å². The van der Waals surface area contributed by atoms with Crippen LogP contribution in [0.4, 0.5) is 0 Å². The molecule has 0 bridgehead atoms. The molecule has 1 aromatic heterocycles. The maximum atomic E-state index is 13.0. The van der Waals surface area contributed by atoms with Crippen LogP contribution in [-0.2, 0) is 0 Å². The topological polar surface area (TPSA) is 58.4 Å². The first kappa shape index (κ1) is 17.3. The third-order valence-corrected chi connectivity index (χ3v) is 5.10. The Hall–Kier alpha value is -1.56. The van der Waals surface area contributed by atoms with Crippen LogP contribution >= 0.6 is 23.2 Å². The van der Waals surface area contributed by atoms with Crippen molar-refractivity contribution in [1.29, 1.82) is 0 Å². The zero-order valence-electron chi connectivity index (χ0n) is 13.6. The summed E-state index contributed by atoms with van der Waals surface area (Å²) in [5.41, 5.74) is 1.38. The molecule has 0 aliphatic carbocycles. The van der Waals surface area contributed by atoms with Gasteiger partial charge in [-0.3, -0.25) is 4.79 Å². The number of aromatic nitrogens is 1. The van der Waals surface area contributed by atoms with Gasteiger partial charge in [-0.25, -0.2) is 0 Å². The average Bonchev–Trinajstić information content (AvgIpc) is 2.95. The van der Waals surface area contributed by atoms with E-state index in [0.717, 1.165) is 12.8 Å². The van der Waals surface area contributed by atoms with Crippen molar-refractivity contribution in [2.75, 3.05) is 20.1 Å². The summed E-state index contributed by atoms with van der Waals surface area (Å²) < 4.78 is 5.29. The molecule has 2 aromatic rings. The van der Waals surface area contributed by atoms with Gasteiger partial charge in [0, 0.05) is 24.7 Å². The Morgan fingerprint density at radius 3 is 2.50 bits per heavy atom. The highest BCUT2D eigenvalue weighted by Crippen LogP contribution is 2.37. The summed E-state index contributed by atoms with van der Waals surface area (Å²) in [4.78, 5) is 14.8. The molecule has 128 valence electrons. The lowest BCUT2D eigenvalue weighted by Gasteiger charge is -2.31. The molecule has 1 aliphatic rings. The van der Waals surface area contributed by atoms with Crippen molar-refractivity contribution >= 4 is 29.1 Å². The predicted octanol–water partition coefficient (Wildman–Crippen LogP) is 3.78. The molecular weight excluding hydrogens is 349 g/mol. The van der Waals surface area contributed by atoms with Crippen molar-refractivity contribution in [3.05, 3.63) is 39.6 Å². The fourth-order valence-corrected chi connectivity index (χ4v) is 3.62. The summed E-state index contributed by atoms with van der Waals surface area (Å²) in [6.45, 7) is 3.13. The molecule has 1 aromatic carbocycles. The quantitative estimate of drug-likeness (QED) is 0.896. The van der Waals surface area contributed by atoms with Crippen molar-refractivity contribution in [3.8, 4) is 11.3 Å². The Morgan fingerprint density at radius 1 is 1.29 bits per heavy atom. The molecule has 0 radical (unpaired) electrons. The number of halogens is 2. The number of likely N-dealkylation sites (tertiary alicyclic amines) is 1. The van der Waals surface area contributed by atoms with Crippen LogP contribution in [0.25, 0.3) is 11.3 Å². The van der Waals surface area contributed by atoms with E-state index in [0.29, 0.717) is 51.8 Å². The van der Waals surface area contributed by atoms with Crippen LogP contribution in [0.2, 0.25) is 10.0 Å². The first-order chi connectivity index (χ1) is 11.5. The van der Waals surface area contributed by atoms with E-state index in [1.165, 1.54) is 0 Å². The molecule has 2 heterocycles. The standard InChI is InChI=1S/C17H19Cl2N3O2/c1-10-14(17(23)22-8-6-11(20-2)7-9-22)16(21-24-10)15-12(18)4-3-5-13(15)19/h3-5,11,20H,6-9H2,1-2H3. The van der Waals surface area contributed by atoms with E-state index in [1.807, 2.05) is 11.9 Å². The van der Waals surface area contributed by atoms with Crippen molar-refractivity contribution < 1.29 is 9.32 Å². The highest BCUT2D eigenvalue weighted by molar-refractivity contribution is 6.39. The first-order valence-corrected chi connectivity index (χ1v) is 8.65. The molecule has 0 atom stereocenters. The van der Waals surface area contributed by atoms with Gasteiger partial charge < -0.3 is 14.7 Å². The second-order valence-corrected chi connectivity index (χ2v) is 6.73. The van der Waals surface area contributed by atoms with Gasteiger partial charge in [-0.15, -0.1) is 0 Å². The first-order valence-electron chi connectivity index (χ1n) is 7.90. The van der Waals surface area contributed by atoms with Gasteiger partial charge in [0.15, 0.2) is 0 Å². The van der Waals surface area contributed by atoms with Gasteiger partial charge >= 0.3 is 0 Å². The molecule has 1 amide bonds. The number of rotatable bonds is 3. The fraction of sp³-hybridized carbons (Fsp3) is 0.412. The minimum atomic E-state index is -0.0886. The maximum absolute atomic E-state index is 13.0. The molecule has 7 heteroatoms. The van der Waals surface area contributed by atoms with Crippen LogP contribution in [0.5, 0.6) is 0 Å². The minimum Gasteiger partial charge on any atom is -0.360 e. The number of aryl methyl sites for hydroxylation is 1. The van der Waals surface area contributed by atoms with E-state index in [9.17, 15) is 4.79 Å². The number of hydrogen-bond acceptors (Lipinski definition) is 4. The summed E-state index contributed by atoms with van der Waals surface area (Å²) in [5, 5.41) is 8.20. The number of carbonyl (C=O) groups excluding carboxylic acids is 1. The SMILES string of the molecule is CNC1CCN(C(=O)c2c(-c3c(Cl)cccc3Cl)noc2C)CC1. The Kier molecular flexibility index (Phi) is 5.13. The monoisotopic (exact) mass is 367 g/mol. The molecule has 1 N–H and O–H groups in total. The van der Waals surface area contributed by atoms with Gasteiger partial charge in [0.1, 0.15) is 17.0 Å². The smallest absolute Gasteiger partial charge is 0.259 e. The third-order valence-electron chi connectivity index (χ3n) is 4.47. The van der Waals surface area contributed by atoms with Crippen molar-refractivity contribution in [1.82, 2.24) is 15.4 Å². The summed E-state index contributed by atoms with van der Waals surface area (Å²) in [6, 6.07) is 5.65. The molecule has 0 spiro atoms. The summed E-state index contributed by atoms with van der Waals surface area (Å²) in [7, 11) is 1.95. The highest BCUT2D eigenvalue weighted by atomic mass is 35.5. The van der Waals surface area contributed by atoms with E-state index in [1.54, 1.807) is 25.1 Å². The number of hydrogen-bond donors (Lipinski definition) is 1. The second kappa shape index (κ2) is 7.13. The van der Waals surface area contributed by atoms with Gasteiger partial charge in [0.2, 0.25) is 0 Å². The molecule has 24 heavy (non-hydrogen) atoms. The molecule has 3 rings (SSSR count).